The molecular weight excluding hydrogens is 245 g/mol. The molecule has 0 unspecified atom stereocenters. The third-order valence-corrected chi connectivity index (χ3v) is 2.90. The van der Waals surface area contributed by atoms with Crippen LogP contribution in [0.3, 0.4) is 0 Å². The van der Waals surface area contributed by atoms with E-state index >= 15 is 0 Å². The van der Waals surface area contributed by atoms with Crippen molar-refractivity contribution in [2.75, 3.05) is 0 Å². The molecule has 0 atom stereocenters. The summed E-state index contributed by atoms with van der Waals surface area (Å²) in [5, 5.41) is 0.617. The lowest BCUT2D eigenvalue weighted by atomic mass is 10.1. The number of H-pyrrole nitrogens is 1. The third-order valence-electron chi connectivity index (χ3n) is 2.90. The number of nitrogens with zero attached hydrogens (tertiary/aromatic N) is 2. The van der Waals surface area contributed by atoms with Gasteiger partial charge in [-0.2, -0.15) is 0 Å². The average molecular weight is 255 g/mol. The number of aromatic amines is 1. The molecule has 1 N–H and O–H groups in total. The quantitative estimate of drug-likeness (QED) is 0.716. The molecular formula is C14H10FN3O. The SMILES string of the molecule is Cc1nc(-c2cccc(F)c2)c2c(C=O)c[nH]c2n1. The second kappa shape index (κ2) is 4.28. The minimum Gasteiger partial charge on any atom is -0.345 e. The van der Waals surface area contributed by atoms with E-state index in [0.29, 0.717) is 33.7 Å². The van der Waals surface area contributed by atoms with Gasteiger partial charge in [0.1, 0.15) is 17.3 Å². The number of aryl methyl sites for hydroxylation is 1. The third kappa shape index (κ3) is 1.89. The lowest BCUT2D eigenvalue weighted by Crippen LogP contribution is -1.94. The van der Waals surface area contributed by atoms with Crippen molar-refractivity contribution in [3.63, 3.8) is 0 Å². The Morgan fingerprint density at radius 1 is 1.32 bits per heavy atom. The van der Waals surface area contributed by atoms with Crippen molar-refractivity contribution >= 4 is 17.3 Å². The van der Waals surface area contributed by atoms with Crippen LogP contribution in [0.4, 0.5) is 4.39 Å². The largest absolute Gasteiger partial charge is 0.345 e. The zero-order valence-electron chi connectivity index (χ0n) is 10.1. The molecule has 19 heavy (non-hydrogen) atoms. The van der Waals surface area contributed by atoms with Gasteiger partial charge in [0, 0.05) is 17.3 Å². The Bertz CT molecular complexity index is 779. The average Bonchev–Trinajstić information content (AvgIpc) is 2.80. The Hall–Kier alpha value is -2.56. The molecule has 3 rings (SSSR count). The molecule has 0 saturated carbocycles. The zero-order valence-corrected chi connectivity index (χ0v) is 10.1. The summed E-state index contributed by atoms with van der Waals surface area (Å²) in [7, 11) is 0. The maximum absolute atomic E-state index is 13.3. The van der Waals surface area contributed by atoms with Crippen molar-refractivity contribution in [2.24, 2.45) is 0 Å². The summed E-state index contributed by atoms with van der Waals surface area (Å²) in [5.74, 6) is 0.219. The maximum atomic E-state index is 13.3. The number of aldehydes is 1. The lowest BCUT2D eigenvalue weighted by molar-refractivity contribution is 0.112. The van der Waals surface area contributed by atoms with Crippen LogP contribution in [-0.2, 0) is 0 Å². The summed E-state index contributed by atoms with van der Waals surface area (Å²) in [6.07, 6.45) is 2.31. The highest BCUT2D eigenvalue weighted by Crippen LogP contribution is 2.28. The second-order valence-electron chi connectivity index (χ2n) is 4.22. The van der Waals surface area contributed by atoms with Gasteiger partial charge in [0.2, 0.25) is 0 Å². The maximum Gasteiger partial charge on any atom is 0.152 e. The van der Waals surface area contributed by atoms with Crippen molar-refractivity contribution in [1.82, 2.24) is 15.0 Å². The standard InChI is InChI=1S/C14H10FN3O/c1-8-17-13(9-3-2-4-11(15)5-9)12-10(7-19)6-16-14(12)18-8/h2-7H,1H3,(H,16,17,18). The van der Waals surface area contributed by atoms with E-state index in [1.54, 1.807) is 25.3 Å². The van der Waals surface area contributed by atoms with Crippen molar-refractivity contribution in [1.29, 1.82) is 0 Å². The molecule has 0 spiro atoms. The number of halogens is 1. The first-order chi connectivity index (χ1) is 9.19. The van der Waals surface area contributed by atoms with Crippen LogP contribution in [0.25, 0.3) is 22.3 Å². The predicted octanol–water partition coefficient (Wildman–Crippen LogP) is 2.88. The molecule has 5 heteroatoms. The van der Waals surface area contributed by atoms with E-state index < -0.39 is 0 Å². The molecule has 2 heterocycles. The molecule has 0 aliphatic carbocycles. The van der Waals surface area contributed by atoms with E-state index in [1.165, 1.54) is 12.1 Å². The number of rotatable bonds is 2. The van der Waals surface area contributed by atoms with E-state index in [2.05, 4.69) is 15.0 Å². The first-order valence-corrected chi connectivity index (χ1v) is 5.76. The molecule has 0 radical (unpaired) electrons. The number of aromatic nitrogens is 3. The Morgan fingerprint density at radius 3 is 2.89 bits per heavy atom. The van der Waals surface area contributed by atoms with Gasteiger partial charge in [-0.15, -0.1) is 0 Å². The van der Waals surface area contributed by atoms with Crippen molar-refractivity contribution in [3.05, 3.63) is 47.7 Å². The lowest BCUT2D eigenvalue weighted by Gasteiger charge is -2.05. The number of fused-ring (bicyclic) bond motifs is 1. The summed E-state index contributed by atoms with van der Waals surface area (Å²) in [5.41, 5.74) is 2.23. The summed E-state index contributed by atoms with van der Waals surface area (Å²) >= 11 is 0. The van der Waals surface area contributed by atoms with Gasteiger partial charge in [0.05, 0.1) is 11.1 Å². The van der Waals surface area contributed by atoms with Gasteiger partial charge in [-0.05, 0) is 19.1 Å². The molecule has 1 aromatic carbocycles. The van der Waals surface area contributed by atoms with Crippen LogP contribution in [0.2, 0.25) is 0 Å². The first-order valence-electron chi connectivity index (χ1n) is 5.76. The molecule has 3 aromatic rings. The predicted molar refractivity (Wildman–Crippen MR) is 69.4 cm³/mol. The van der Waals surface area contributed by atoms with Crippen LogP contribution in [0.1, 0.15) is 16.2 Å². The Labute approximate surface area is 108 Å². The molecule has 0 bridgehead atoms. The summed E-state index contributed by atoms with van der Waals surface area (Å²) in [4.78, 5) is 22.6. The Kier molecular flexibility index (Phi) is 2.59. The van der Waals surface area contributed by atoms with Gasteiger partial charge >= 0.3 is 0 Å². The van der Waals surface area contributed by atoms with Gasteiger partial charge in [-0.1, -0.05) is 12.1 Å². The monoisotopic (exact) mass is 255 g/mol. The summed E-state index contributed by atoms with van der Waals surface area (Å²) in [6.45, 7) is 1.75. The van der Waals surface area contributed by atoms with Crippen molar-refractivity contribution in [3.8, 4) is 11.3 Å². The van der Waals surface area contributed by atoms with Gasteiger partial charge in [0.15, 0.2) is 6.29 Å². The van der Waals surface area contributed by atoms with Gasteiger partial charge in [-0.25, -0.2) is 14.4 Å². The van der Waals surface area contributed by atoms with Crippen molar-refractivity contribution < 1.29 is 9.18 Å². The highest BCUT2D eigenvalue weighted by molar-refractivity contribution is 6.03. The van der Waals surface area contributed by atoms with E-state index in [9.17, 15) is 9.18 Å². The number of hydrogen-bond donors (Lipinski definition) is 1. The number of benzene rings is 1. The molecule has 0 amide bonds. The minimum absolute atomic E-state index is 0.342. The van der Waals surface area contributed by atoms with Gasteiger partial charge < -0.3 is 4.98 Å². The highest BCUT2D eigenvalue weighted by Gasteiger charge is 2.14. The zero-order chi connectivity index (χ0) is 13.4. The molecule has 0 aliphatic rings. The molecule has 0 aliphatic heterocycles. The van der Waals surface area contributed by atoms with E-state index in [4.69, 9.17) is 0 Å². The highest BCUT2D eigenvalue weighted by atomic mass is 19.1. The summed E-state index contributed by atoms with van der Waals surface area (Å²) < 4.78 is 13.3. The van der Waals surface area contributed by atoms with Crippen LogP contribution in [0, 0.1) is 12.7 Å². The molecule has 94 valence electrons. The van der Waals surface area contributed by atoms with Crippen molar-refractivity contribution in [2.45, 2.75) is 6.92 Å². The van der Waals surface area contributed by atoms with Gasteiger partial charge in [-0.3, -0.25) is 4.79 Å². The number of carbonyl (C=O) groups is 1. The fourth-order valence-electron chi connectivity index (χ4n) is 2.11. The van der Waals surface area contributed by atoms with E-state index in [0.717, 1.165) is 6.29 Å². The van der Waals surface area contributed by atoms with Crippen LogP contribution in [0.5, 0.6) is 0 Å². The van der Waals surface area contributed by atoms with Crippen LogP contribution < -0.4 is 0 Å². The number of hydrogen-bond acceptors (Lipinski definition) is 3. The van der Waals surface area contributed by atoms with Crippen LogP contribution >= 0.6 is 0 Å². The smallest absolute Gasteiger partial charge is 0.152 e. The summed E-state index contributed by atoms with van der Waals surface area (Å²) in [6, 6.07) is 6.13. The Morgan fingerprint density at radius 2 is 2.16 bits per heavy atom. The number of carbonyl (C=O) groups excluding carboxylic acids is 1. The van der Waals surface area contributed by atoms with Gasteiger partial charge in [0.25, 0.3) is 0 Å². The Balaban J connectivity index is 2.38. The second-order valence-corrected chi connectivity index (χ2v) is 4.22. The molecule has 0 saturated heterocycles. The van der Waals surface area contributed by atoms with Crippen LogP contribution in [0.15, 0.2) is 30.5 Å². The topological polar surface area (TPSA) is 58.6 Å². The minimum atomic E-state index is -0.342. The van der Waals surface area contributed by atoms with E-state index in [-0.39, 0.29) is 5.82 Å². The molecule has 4 nitrogen and oxygen atoms in total. The first kappa shape index (κ1) is 11.5. The fourth-order valence-corrected chi connectivity index (χ4v) is 2.11. The normalized spacial score (nSPS) is 10.8. The fraction of sp³-hybridized carbons (Fsp3) is 0.0714. The number of nitrogens with one attached hydrogen (secondary N) is 1. The van der Waals surface area contributed by atoms with Crippen LogP contribution in [-0.4, -0.2) is 21.2 Å². The van der Waals surface area contributed by atoms with E-state index in [1.807, 2.05) is 0 Å². The molecule has 0 fully saturated rings. The molecule has 2 aromatic heterocycles.